The Balaban J connectivity index is 1.89. The molecule has 1 unspecified atom stereocenters. The minimum Gasteiger partial charge on any atom is -0.381 e. The summed E-state index contributed by atoms with van der Waals surface area (Å²) in [5.41, 5.74) is 0.796. The molecule has 0 aliphatic carbocycles. The van der Waals surface area contributed by atoms with Crippen molar-refractivity contribution in [2.24, 2.45) is 5.41 Å². The van der Waals surface area contributed by atoms with Crippen LogP contribution in [0.2, 0.25) is 0 Å². The summed E-state index contributed by atoms with van der Waals surface area (Å²) in [6.07, 6.45) is 3.66. The van der Waals surface area contributed by atoms with Gasteiger partial charge in [0.25, 0.3) is 0 Å². The van der Waals surface area contributed by atoms with Crippen LogP contribution in [0.3, 0.4) is 0 Å². The molecule has 0 amide bonds. The van der Waals surface area contributed by atoms with Crippen molar-refractivity contribution >= 4 is 0 Å². The molecule has 3 heteroatoms. The number of rotatable bonds is 3. The van der Waals surface area contributed by atoms with Crippen LogP contribution >= 0.6 is 0 Å². The molecular weight excluding hydrogens is 212 g/mol. The van der Waals surface area contributed by atoms with Gasteiger partial charge in [-0.1, -0.05) is 13.8 Å². The SMILES string of the molecule is CCC1(C)CN(CC2(C)CCOCC2)CCN1. The molecule has 0 aromatic rings. The van der Waals surface area contributed by atoms with Crippen molar-refractivity contribution in [1.82, 2.24) is 10.2 Å². The maximum absolute atomic E-state index is 5.49. The fraction of sp³-hybridized carbons (Fsp3) is 1.00. The summed E-state index contributed by atoms with van der Waals surface area (Å²) >= 11 is 0. The first kappa shape index (κ1) is 13.3. The zero-order chi connectivity index (χ0) is 12.4. The number of hydrogen-bond donors (Lipinski definition) is 1. The van der Waals surface area contributed by atoms with E-state index in [-0.39, 0.29) is 0 Å². The monoisotopic (exact) mass is 240 g/mol. The van der Waals surface area contributed by atoms with Crippen LogP contribution in [-0.2, 0) is 4.74 Å². The second-order valence-electron chi connectivity index (χ2n) is 6.47. The smallest absolute Gasteiger partial charge is 0.0471 e. The molecular formula is C14H28N2O. The van der Waals surface area contributed by atoms with Crippen molar-refractivity contribution in [3.63, 3.8) is 0 Å². The fourth-order valence-corrected chi connectivity index (χ4v) is 3.08. The van der Waals surface area contributed by atoms with Crippen LogP contribution in [0.1, 0.15) is 40.0 Å². The van der Waals surface area contributed by atoms with Crippen LogP contribution in [0, 0.1) is 5.41 Å². The third kappa shape index (κ3) is 3.43. The lowest BCUT2D eigenvalue weighted by Gasteiger charge is -2.45. The highest BCUT2D eigenvalue weighted by atomic mass is 16.5. The van der Waals surface area contributed by atoms with Crippen LogP contribution in [0.25, 0.3) is 0 Å². The molecule has 17 heavy (non-hydrogen) atoms. The minimum absolute atomic E-state index is 0.319. The molecule has 0 aromatic carbocycles. The third-order valence-corrected chi connectivity index (χ3v) is 4.64. The Labute approximate surface area is 106 Å². The highest BCUT2D eigenvalue weighted by Crippen LogP contribution is 2.31. The second-order valence-corrected chi connectivity index (χ2v) is 6.47. The van der Waals surface area contributed by atoms with Crippen LogP contribution in [0.4, 0.5) is 0 Å². The van der Waals surface area contributed by atoms with E-state index in [0.717, 1.165) is 19.8 Å². The first-order valence-corrected chi connectivity index (χ1v) is 7.10. The van der Waals surface area contributed by atoms with E-state index >= 15 is 0 Å². The Bertz CT molecular complexity index is 251. The predicted molar refractivity (Wildman–Crippen MR) is 71.3 cm³/mol. The molecule has 1 N–H and O–H groups in total. The maximum atomic E-state index is 5.49. The highest BCUT2D eigenvalue weighted by molar-refractivity contribution is 4.92. The summed E-state index contributed by atoms with van der Waals surface area (Å²) in [6, 6.07) is 0. The van der Waals surface area contributed by atoms with E-state index in [2.05, 4.69) is 31.0 Å². The summed E-state index contributed by atoms with van der Waals surface area (Å²) in [6.45, 7) is 13.7. The van der Waals surface area contributed by atoms with E-state index in [1.807, 2.05) is 0 Å². The molecule has 2 rings (SSSR count). The first-order valence-electron chi connectivity index (χ1n) is 7.10. The average Bonchev–Trinajstić information content (AvgIpc) is 2.29. The number of ether oxygens (including phenoxy) is 1. The molecule has 2 aliphatic heterocycles. The molecule has 0 saturated carbocycles. The summed E-state index contributed by atoms with van der Waals surface area (Å²) in [5.74, 6) is 0. The highest BCUT2D eigenvalue weighted by Gasteiger charge is 2.34. The van der Waals surface area contributed by atoms with Crippen molar-refractivity contribution in [3.05, 3.63) is 0 Å². The van der Waals surface area contributed by atoms with Crippen molar-refractivity contribution in [2.75, 3.05) is 39.4 Å². The van der Waals surface area contributed by atoms with Gasteiger partial charge in [-0.05, 0) is 31.6 Å². The number of hydrogen-bond acceptors (Lipinski definition) is 3. The zero-order valence-electron chi connectivity index (χ0n) is 11.7. The normalized spacial score (nSPS) is 34.8. The van der Waals surface area contributed by atoms with Gasteiger partial charge in [-0.25, -0.2) is 0 Å². The Hall–Kier alpha value is -0.120. The standard InChI is InChI=1S/C14H28N2O/c1-4-14(3)12-16(8-7-15-14)11-13(2)5-9-17-10-6-13/h15H,4-12H2,1-3H3. The Morgan fingerprint density at radius 3 is 2.59 bits per heavy atom. The van der Waals surface area contributed by atoms with Crippen LogP contribution in [-0.4, -0.2) is 49.8 Å². The third-order valence-electron chi connectivity index (χ3n) is 4.64. The molecule has 0 aromatic heterocycles. The molecule has 3 nitrogen and oxygen atoms in total. The largest absolute Gasteiger partial charge is 0.381 e. The van der Waals surface area contributed by atoms with E-state index in [0.29, 0.717) is 11.0 Å². The summed E-state index contributed by atoms with van der Waals surface area (Å²) < 4.78 is 5.49. The first-order chi connectivity index (χ1) is 8.05. The molecule has 2 aliphatic rings. The van der Waals surface area contributed by atoms with E-state index in [9.17, 15) is 0 Å². The Kier molecular flexibility index (Phi) is 4.11. The Morgan fingerprint density at radius 2 is 1.94 bits per heavy atom. The van der Waals surface area contributed by atoms with Crippen LogP contribution in [0.15, 0.2) is 0 Å². The lowest BCUT2D eigenvalue weighted by molar-refractivity contribution is -0.00443. The molecule has 0 bridgehead atoms. The molecule has 1 atom stereocenters. The van der Waals surface area contributed by atoms with Gasteiger partial charge in [0.1, 0.15) is 0 Å². The molecule has 2 saturated heterocycles. The minimum atomic E-state index is 0.319. The van der Waals surface area contributed by atoms with E-state index in [1.165, 1.54) is 38.9 Å². The van der Waals surface area contributed by atoms with Gasteiger partial charge in [0, 0.05) is 44.9 Å². The predicted octanol–water partition coefficient (Wildman–Crippen LogP) is 1.88. The van der Waals surface area contributed by atoms with Crippen molar-refractivity contribution in [2.45, 2.75) is 45.6 Å². The summed E-state index contributed by atoms with van der Waals surface area (Å²) in [4.78, 5) is 2.66. The van der Waals surface area contributed by atoms with Gasteiger partial charge in [0.05, 0.1) is 0 Å². The van der Waals surface area contributed by atoms with E-state index in [1.54, 1.807) is 0 Å². The lowest BCUT2D eigenvalue weighted by atomic mass is 9.81. The second kappa shape index (κ2) is 5.25. The molecule has 2 fully saturated rings. The number of piperazine rings is 1. The van der Waals surface area contributed by atoms with Gasteiger partial charge in [0.15, 0.2) is 0 Å². The summed E-state index contributed by atoms with van der Waals surface area (Å²) in [7, 11) is 0. The van der Waals surface area contributed by atoms with E-state index in [4.69, 9.17) is 4.74 Å². The van der Waals surface area contributed by atoms with Gasteiger partial charge >= 0.3 is 0 Å². The van der Waals surface area contributed by atoms with E-state index < -0.39 is 0 Å². The summed E-state index contributed by atoms with van der Waals surface area (Å²) in [5, 5.41) is 3.66. The molecule has 0 radical (unpaired) electrons. The molecule has 0 spiro atoms. The van der Waals surface area contributed by atoms with Crippen molar-refractivity contribution in [3.8, 4) is 0 Å². The molecule has 2 heterocycles. The number of nitrogens with zero attached hydrogens (tertiary/aromatic N) is 1. The lowest BCUT2D eigenvalue weighted by Crippen LogP contribution is -2.60. The van der Waals surface area contributed by atoms with Crippen LogP contribution in [0.5, 0.6) is 0 Å². The number of nitrogens with one attached hydrogen (secondary N) is 1. The quantitative estimate of drug-likeness (QED) is 0.815. The zero-order valence-corrected chi connectivity index (χ0v) is 11.7. The van der Waals surface area contributed by atoms with Gasteiger partial charge in [0.2, 0.25) is 0 Å². The molecule has 100 valence electrons. The van der Waals surface area contributed by atoms with Gasteiger partial charge < -0.3 is 10.1 Å². The fourth-order valence-electron chi connectivity index (χ4n) is 3.08. The maximum Gasteiger partial charge on any atom is 0.0471 e. The van der Waals surface area contributed by atoms with Crippen molar-refractivity contribution < 1.29 is 4.74 Å². The van der Waals surface area contributed by atoms with Crippen LogP contribution < -0.4 is 5.32 Å². The van der Waals surface area contributed by atoms with Crippen molar-refractivity contribution in [1.29, 1.82) is 0 Å². The Morgan fingerprint density at radius 1 is 1.24 bits per heavy atom. The van der Waals surface area contributed by atoms with Gasteiger partial charge in [-0.15, -0.1) is 0 Å². The topological polar surface area (TPSA) is 24.5 Å². The van der Waals surface area contributed by atoms with Gasteiger partial charge in [-0.2, -0.15) is 0 Å². The average molecular weight is 240 g/mol. The van der Waals surface area contributed by atoms with Gasteiger partial charge in [-0.3, -0.25) is 4.90 Å².